The van der Waals surface area contributed by atoms with Crippen molar-refractivity contribution in [3.63, 3.8) is 0 Å². The molecule has 9 heteroatoms. The third-order valence-electron chi connectivity index (χ3n) is 9.28. The topological polar surface area (TPSA) is 102 Å². The van der Waals surface area contributed by atoms with E-state index in [4.69, 9.17) is 5.73 Å². The predicted octanol–water partition coefficient (Wildman–Crippen LogP) is 5.62. The Labute approximate surface area is 290 Å². The van der Waals surface area contributed by atoms with Gasteiger partial charge in [0.15, 0.2) is 0 Å². The standard InChI is InChI=1S/C40H48N6O3/c1-6-45(31-16-12-13-28(2)25-31)24-22-42-39(48)37-32-17-10-11-18-33(32)40(49)46(38(37)30-19-20-35(43(3)4)34(41)26-30)23-21-36(47)44(5)27-29-14-8-7-9-15-29/h7-20,25-26,37-38H,6,21-24,27,41H2,1-5H3,(H,42,48). The minimum absolute atomic E-state index is 0.0893. The van der Waals surface area contributed by atoms with Crippen LogP contribution in [-0.4, -0.2) is 74.8 Å². The molecule has 1 aliphatic rings. The van der Waals surface area contributed by atoms with E-state index < -0.39 is 12.0 Å². The normalized spacial score (nSPS) is 15.4. The fraction of sp³-hybridized carbons (Fsp3) is 0.325. The molecule has 3 amide bonds. The van der Waals surface area contributed by atoms with E-state index in [0.717, 1.165) is 29.0 Å². The maximum atomic E-state index is 14.4. The van der Waals surface area contributed by atoms with E-state index in [1.165, 1.54) is 5.56 Å². The first-order valence-corrected chi connectivity index (χ1v) is 16.9. The molecular weight excluding hydrogens is 612 g/mol. The molecule has 2 unspecified atom stereocenters. The summed E-state index contributed by atoms with van der Waals surface area (Å²) in [6.07, 6.45) is 0.106. The monoisotopic (exact) mass is 660 g/mol. The zero-order valence-corrected chi connectivity index (χ0v) is 29.2. The maximum Gasteiger partial charge on any atom is 0.254 e. The molecule has 0 bridgehead atoms. The lowest BCUT2D eigenvalue weighted by atomic mass is 9.79. The van der Waals surface area contributed by atoms with Gasteiger partial charge in [0.05, 0.1) is 23.3 Å². The van der Waals surface area contributed by atoms with Crippen molar-refractivity contribution in [1.82, 2.24) is 15.1 Å². The largest absolute Gasteiger partial charge is 0.397 e. The molecule has 0 aromatic heterocycles. The van der Waals surface area contributed by atoms with Crippen LogP contribution in [0.3, 0.4) is 0 Å². The van der Waals surface area contributed by atoms with Crippen LogP contribution in [0.4, 0.5) is 17.1 Å². The maximum absolute atomic E-state index is 14.4. The lowest BCUT2D eigenvalue weighted by molar-refractivity contribution is -0.130. The van der Waals surface area contributed by atoms with Crippen molar-refractivity contribution in [2.75, 3.05) is 62.9 Å². The molecule has 5 rings (SSSR count). The molecular formula is C40H48N6O3. The third-order valence-corrected chi connectivity index (χ3v) is 9.28. The lowest BCUT2D eigenvalue weighted by Gasteiger charge is -2.42. The molecule has 9 nitrogen and oxygen atoms in total. The van der Waals surface area contributed by atoms with Crippen molar-refractivity contribution in [2.24, 2.45) is 0 Å². The molecule has 3 N–H and O–H groups in total. The first-order chi connectivity index (χ1) is 23.6. The van der Waals surface area contributed by atoms with Gasteiger partial charge in [-0.25, -0.2) is 0 Å². The SMILES string of the molecule is CCN(CCNC(=O)C1c2ccccc2C(=O)N(CCC(=O)N(C)Cc2ccccc2)C1c1ccc(N(C)C)c(N)c1)c1cccc(C)c1. The fourth-order valence-corrected chi connectivity index (χ4v) is 6.73. The van der Waals surface area contributed by atoms with Crippen LogP contribution in [0.1, 0.15) is 57.9 Å². The highest BCUT2D eigenvalue weighted by Crippen LogP contribution is 2.44. The highest BCUT2D eigenvalue weighted by molar-refractivity contribution is 6.01. The smallest absolute Gasteiger partial charge is 0.254 e. The number of carbonyl (C=O) groups is 3. The third kappa shape index (κ3) is 8.05. The summed E-state index contributed by atoms with van der Waals surface area (Å²) in [5, 5.41) is 3.20. The fourth-order valence-electron chi connectivity index (χ4n) is 6.73. The summed E-state index contributed by atoms with van der Waals surface area (Å²) in [6, 6.07) is 30.5. The Morgan fingerprint density at radius 1 is 0.898 bits per heavy atom. The number of nitrogens with two attached hydrogens (primary N) is 1. The number of fused-ring (bicyclic) bond motifs is 1. The van der Waals surface area contributed by atoms with Crippen molar-refractivity contribution in [3.8, 4) is 0 Å². The molecule has 0 radical (unpaired) electrons. The molecule has 4 aromatic carbocycles. The van der Waals surface area contributed by atoms with Gasteiger partial charge in [-0.1, -0.05) is 66.7 Å². The van der Waals surface area contributed by atoms with Crippen LogP contribution < -0.4 is 20.9 Å². The van der Waals surface area contributed by atoms with Crippen molar-refractivity contribution >= 4 is 34.8 Å². The van der Waals surface area contributed by atoms with Gasteiger partial charge in [-0.15, -0.1) is 0 Å². The predicted molar refractivity (Wildman–Crippen MR) is 198 cm³/mol. The highest BCUT2D eigenvalue weighted by atomic mass is 16.2. The first kappa shape index (κ1) is 35.0. The van der Waals surface area contributed by atoms with Crippen molar-refractivity contribution in [2.45, 2.75) is 38.8 Å². The summed E-state index contributed by atoms with van der Waals surface area (Å²) in [7, 11) is 5.61. The number of benzene rings is 4. The Morgan fingerprint density at radius 2 is 1.63 bits per heavy atom. The van der Waals surface area contributed by atoms with Gasteiger partial charge in [-0.05, 0) is 66.4 Å². The van der Waals surface area contributed by atoms with E-state index in [2.05, 4.69) is 42.3 Å². The van der Waals surface area contributed by atoms with E-state index in [9.17, 15) is 14.4 Å². The van der Waals surface area contributed by atoms with Crippen LogP contribution in [0, 0.1) is 6.92 Å². The second-order valence-electron chi connectivity index (χ2n) is 12.9. The van der Waals surface area contributed by atoms with Crippen LogP contribution in [0.5, 0.6) is 0 Å². The Morgan fingerprint density at radius 3 is 2.33 bits per heavy atom. The van der Waals surface area contributed by atoms with Crippen LogP contribution >= 0.6 is 0 Å². The van der Waals surface area contributed by atoms with Crippen LogP contribution in [0.2, 0.25) is 0 Å². The summed E-state index contributed by atoms with van der Waals surface area (Å²) in [6.45, 7) is 6.61. The minimum Gasteiger partial charge on any atom is -0.397 e. The van der Waals surface area contributed by atoms with Crippen molar-refractivity contribution < 1.29 is 14.4 Å². The Kier molecular flexibility index (Phi) is 11.2. The zero-order valence-electron chi connectivity index (χ0n) is 29.2. The number of nitrogens with one attached hydrogen (secondary N) is 1. The van der Waals surface area contributed by atoms with Crippen LogP contribution in [-0.2, 0) is 16.1 Å². The van der Waals surface area contributed by atoms with Gasteiger partial charge in [0.25, 0.3) is 5.91 Å². The minimum atomic E-state index is -0.718. The summed E-state index contributed by atoms with van der Waals surface area (Å²) in [5.41, 5.74) is 13.1. The highest BCUT2D eigenvalue weighted by Gasteiger charge is 2.44. The van der Waals surface area contributed by atoms with Gasteiger partial charge < -0.3 is 30.7 Å². The summed E-state index contributed by atoms with van der Waals surface area (Å²) >= 11 is 0. The quantitative estimate of drug-likeness (QED) is 0.181. The number of anilines is 3. The molecule has 1 heterocycles. The number of amides is 3. The summed E-state index contributed by atoms with van der Waals surface area (Å²) in [4.78, 5) is 49.6. The second-order valence-corrected chi connectivity index (χ2v) is 12.9. The second kappa shape index (κ2) is 15.7. The number of likely N-dealkylation sites (N-methyl/N-ethyl adjacent to an activating group) is 1. The van der Waals surface area contributed by atoms with Gasteiger partial charge in [-0.3, -0.25) is 14.4 Å². The average Bonchev–Trinajstić information content (AvgIpc) is 3.09. The van der Waals surface area contributed by atoms with Gasteiger partial charge in [0.2, 0.25) is 11.8 Å². The van der Waals surface area contributed by atoms with E-state index >= 15 is 0 Å². The van der Waals surface area contributed by atoms with Gasteiger partial charge in [-0.2, -0.15) is 0 Å². The van der Waals surface area contributed by atoms with Crippen molar-refractivity contribution in [3.05, 3.63) is 125 Å². The van der Waals surface area contributed by atoms with E-state index in [0.29, 0.717) is 36.4 Å². The number of hydrogen-bond acceptors (Lipinski definition) is 6. The zero-order chi connectivity index (χ0) is 35.1. The molecule has 1 aliphatic heterocycles. The van der Waals surface area contributed by atoms with Crippen LogP contribution in [0.15, 0.2) is 97.1 Å². The molecule has 4 aromatic rings. The van der Waals surface area contributed by atoms with E-state index in [-0.39, 0.29) is 30.7 Å². The molecule has 0 spiro atoms. The molecule has 256 valence electrons. The molecule has 2 atom stereocenters. The Bertz CT molecular complexity index is 1780. The lowest BCUT2D eigenvalue weighted by Crippen LogP contribution is -2.49. The first-order valence-electron chi connectivity index (χ1n) is 16.9. The molecule has 0 fully saturated rings. The van der Waals surface area contributed by atoms with Gasteiger partial charge in [0, 0.05) is 71.5 Å². The number of nitrogens with zero attached hydrogens (tertiary/aromatic N) is 4. The van der Waals surface area contributed by atoms with Gasteiger partial charge >= 0.3 is 0 Å². The number of carbonyl (C=O) groups excluding carboxylic acids is 3. The van der Waals surface area contributed by atoms with Crippen molar-refractivity contribution in [1.29, 1.82) is 0 Å². The Hall–Kier alpha value is -5.31. The van der Waals surface area contributed by atoms with Gasteiger partial charge in [0.1, 0.15) is 0 Å². The number of aryl methyl sites for hydroxylation is 1. The summed E-state index contributed by atoms with van der Waals surface area (Å²) < 4.78 is 0. The molecule has 0 aliphatic carbocycles. The Balaban J connectivity index is 1.45. The van der Waals surface area contributed by atoms with E-state index in [1.807, 2.05) is 91.8 Å². The molecule has 0 saturated carbocycles. The number of hydrogen-bond donors (Lipinski definition) is 2. The average molecular weight is 661 g/mol. The van der Waals surface area contributed by atoms with E-state index in [1.54, 1.807) is 22.9 Å². The number of nitrogen functional groups attached to an aromatic ring is 1. The number of rotatable bonds is 13. The molecule has 0 saturated heterocycles. The summed E-state index contributed by atoms with van der Waals surface area (Å²) in [5.74, 6) is -1.20. The molecule has 49 heavy (non-hydrogen) atoms. The van der Waals surface area contributed by atoms with Crippen LogP contribution in [0.25, 0.3) is 0 Å².